The predicted molar refractivity (Wildman–Crippen MR) is 547 cm³/mol. The van der Waals surface area contributed by atoms with Crippen LogP contribution in [0.1, 0.15) is 0 Å². The van der Waals surface area contributed by atoms with E-state index in [4.69, 9.17) is 19.9 Å². The van der Waals surface area contributed by atoms with Gasteiger partial charge >= 0.3 is 0 Å². The van der Waals surface area contributed by atoms with Gasteiger partial charge in [-0.2, -0.15) is 0 Å². The lowest BCUT2D eigenvalue weighted by Crippen LogP contribution is -2.10. The van der Waals surface area contributed by atoms with E-state index in [2.05, 4.69) is 383 Å². The molecule has 0 atom stereocenters. The average Bonchev–Trinajstić information content (AvgIpc) is 1.56. The summed E-state index contributed by atoms with van der Waals surface area (Å²) in [6.07, 6.45) is 1.88. The second-order valence-corrected chi connectivity index (χ2v) is 34.6. The molecule has 0 N–H and O–H groups in total. The molecular weight excluding hydrogens is 1580 g/mol. The second kappa shape index (κ2) is 28.0. The van der Waals surface area contributed by atoms with Gasteiger partial charge < -0.3 is 14.0 Å². The van der Waals surface area contributed by atoms with Crippen molar-refractivity contribution in [1.29, 1.82) is 0 Å². The zero-order valence-corrected chi connectivity index (χ0v) is 70.1. The molecule has 600 valence electrons. The molecule has 5 aromatic heterocycles. The van der Waals surface area contributed by atoms with Crippen LogP contribution in [-0.4, -0.2) is 33.6 Å². The van der Waals surface area contributed by atoms with Crippen LogP contribution in [0, 0.1) is 0 Å². The second-order valence-electron chi connectivity index (χ2n) is 34.6. The van der Waals surface area contributed by atoms with Gasteiger partial charge in [-0.25, -0.2) is 19.9 Å². The minimum Gasteiger partial charge on any atom is -0.310 e. The Morgan fingerprint density at radius 1 is 0.177 bits per heavy atom. The molecule has 5 heterocycles. The maximum Gasteiger partial charge on any atom is 0.164 e. The molecule has 8 heteroatoms. The van der Waals surface area contributed by atoms with Gasteiger partial charge in [-0.3, -0.25) is 4.57 Å². The van der Waals surface area contributed by atoms with E-state index in [1.54, 1.807) is 0 Å². The Kier molecular flexibility index (Phi) is 15.5. The third-order valence-corrected chi connectivity index (χ3v) is 27.6. The van der Waals surface area contributed by atoms with E-state index in [9.17, 15) is 0 Å². The Labute approximate surface area is 744 Å². The van der Waals surface area contributed by atoms with Crippen molar-refractivity contribution >= 4 is 212 Å². The van der Waals surface area contributed by atoms with Crippen LogP contribution in [0.2, 0.25) is 0 Å². The molecular formula is C122H72N8. The molecule has 0 aliphatic rings. The van der Waals surface area contributed by atoms with E-state index in [1.165, 1.54) is 206 Å². The zero-order valence-electron chi connectivity index (χ0n) is 70.1. The number of pyridine rings is 1. The number of anilines is 3. The lowest BCUT2D eigenvalue weighted by molar-refractivity contribution is 1.07. The number of fused-ring (bicyclic) bond motifs is 9. The summed E-state index contributed by atoms with van der Waals surface area (Å²) in [5.41, 5.74) is 18.3. The highest BCUT2D eigenvalue weighted by Crippen LogP contribution is 2.54. The van der Waals surface area contributed by atoms with Crippen molar-refractivity contribution in [3.63, 3.8) is 0 Å². The minimum atomic E-state index is 0.649. The monoisotopic (exact) mass is 1650 g/mol. The van der Waals surface area contributed by atoms with Crippen LogP contribution < -0.4 is 4.90 Å². The molecule has 0 aliphatic heterocycles. The summed E-state index contributed by atoms with van der Waals surface area (Å²) in [7, 11) is 0. The van der Waals surface area contributed by atoms with E-state index in [1.807, 2.05) is 72.9 Å². The van der Waals surface area contributed by atoms with Crippen molar-refractivity contribution in [2.24, 2.45) is 0 Å². The lowest BCUT2D eigenvalue weighted by Gasteiger charge is -2.26. The number of benzene rings is 25. The Balaban J connectivity index is 0.000000101. The molecule has 0 bridgehead atoms. The fourth-order valence-electron chi connectivity index (χ4n) is 22.2. The van der Waals surface area contributed by atoms with Gasteiger partial charge in [0.2, 0.25) is 0 Å². The van der Waals surface area contributed by atoms with Crippen molar-refractivity contribution in [2.45, 2.75) is 0 Å². The van der Waals surface area contributed by atoms with Crippen LogP contribution >= 0.6 is 0 Å². The fraction of sp³-hybridized carbons (Fsp3) is 0. The van der Waals surface area contributed by atoms with Crippen molar-refractivity contribution in [3.05, 3.63) is 437 Å². The molecule has 0 aliphatic carbocycles. The number of nitrogens with zero attached hydrogens (tertiary/aromatic N) is 8. The van der Waals surface area contributed by atoms with Crippen molar-refractivity contribution in [2.75, 3.05) is 4.90 Å². The first kappa shape index (κ1) is 71.9. The molecule has 0 saturated heterocycles. The normalized spacial score (nSPS) is 12.2. The maximum absolute atomic E-state index is 4.98. The van der Waals surface area contributed by atoms with Crippen LogP contribution in [0.4, 0.5) is 17.1 Å². The van der Waals surface area contributed by atoms with E-state index >= 15 is 0 Å². The van der Waals surface area contributed by atoms with Gasteiger partial charge in [-0.1, -0.05) is 315 Å². The van der Waals surface area contributed by atoms with Gasteiger partial charge in [0.25, 0.3) is 0 Å². The predicted octanol–water partition coefficient (Wildman–Crippen LogP) is 32.5. The largest absolute Gasteiger partial charge is 0.310 e. The van der Waals surface area contributed by atoms with Crippen molar-refractivity contribution < 1.29 is 0 Å². The first-order valence-corrected chi connectivity index (χ1v) is 44.6. The highest BCUT2D eigenvalue weighted by atomic mass is 15.1. The Bertz CT molecular complexity index is 9650. The Hall–Kier alpha value is -17.5. The quantitative estimate of drug-likeness (QED) is 0.101. The summed E-state index contributed by atoms with van der Waals surface area (Å²) < 4.78 is 7.34. The molecule has 8 nitrogen and oxygen atoms in total. The van der Waals surface area contributed by atoms with Gasteiger partial charge in [-0.05, 0) is 223 Å². The first-order valence-electron chi connectivity index (χ1n) is 44.6. The number of hydrogen-bond acceptors (Lipinski definition) is 5. The summed E-state index contributed by atoms with van der Waals surface area (Å²) in [6, 6.07) is 156. The van der Waals surface area contributed by atoms with Crippen molar-refractivity contribution in [1.82, 2.24) is 33.6 Å². The van der Waals surface area contributed by atoms with Crippen LogP contribution in [0.3, 0.4) is 0 Å². The number of aromatic nitrogens is 7. The van der Waals surface area contributed by atoms with E-state index < -0.39 is 0 Å². The molecule has 0 fully saturated rings. The molecule has 0 spiro atoms. The summed E-state index contributed by atoms with van der Waals surface area (Å²) >= 11 is 0. The fourth-order valence-corrected chi connectivity index (χ4v) is 22.2. The van der Waals surface area contributed by atoms with E-state index in [0.717, 1.165) is 50.9 Å². The van der Waals surface area contributed by atoms with Crippen LogP contribution in [-0.2, 0) is 0 Å². The van der Waals surface area contributed by atoms with Crippen LogP contribution in [0.5, 0.6) is 0 Å². The summed E-state index contributed by atoms with van der Waals surface area (Å²) in [4.78, 5) is 22.0. The molecule has 0 saturated carbocycles. The lowest BCUT2D eigenvalue weighted by atomic mass is 9.88. The first-order chi connectivity index (χ1) is 64.5. The average molecular weight is 1650 g/mol. The molecule has 25 aromatic carbocycles. The van der Waals surface area contributed by atoms with Crippen molar-refractivity contribution in [3.8, 4) is 62.5 Å². The van der Waals surface area contributed by atoms with E-state index in [-0.39, 0.29) is 0 Å². The van der Waals surface area contributed by atoms with Gasteiger partial charge in [0.1, 0.15) is 5.82 Å². The van der Waals surface area contributed by atoms with Gasteiger partial charge in [0, 0.05) is 116 Å². The van der Waals surface area contributed by atoms with Gasteiger partial charge in [0.15, 0.2) is 17.5 Å². The standard InChI is InChI=1S/C48H30N2.C45H26N4.C29H16N2/c1-3-11-31(12-4-1)32-23-26-37(27-24-32)49(36-15-5-2-6-16-36)38-17-10-18-39(30-38)50-43-28-25-34-22-21-33-14-9-20-41-42-29-35-13-7-8-19-40(35)48(50)46(42)47(43)45(34)44(33)41;1-3-10-29(11-4-1)43-46-44(30-12-5-2-6-13-30)48-45(47-43)31-20-23-33(24-21-31)49-37-25-22-28-19-18-27-15-9-17-35-36-26-32-14-7-8-16-34(32)42(49)40(36)41(37)39(28)38(27)35;1-2-8-20-19(6-1)16-22-21-9-5-7-17-11-12-18-13-14-23-28(26(18)25(17)21)27(22)29(20)31(23)24-10-3-4-15-30-24/h1-30H;1-26H;1-16H. The van der Waals surface area contributed by atoms with E-state index in [0.29, 0.717) is 17.5 Å². The number of para-hydroxylation sites is 1. The highest BCUT2D eigenvalue weighted by Gasteiger charge is 2.30. The number of rotatable bonds is 10. The minimum absolute atomic E-state index is 0.649. The third-order valence-electron chi connectivity index (χ3n) is 27.6. The zero-order chi connectivity index (χ0) is 84.9. The molecule has 30 aromatic rings. The highest BCUT2D eigenvalue weighted by molar-refractivity contribution is 6.46. The maximum atomic E-state index is 4.98. The Morgan fingerprint density at radius 3 is 0.946 bits per heavy atom. The topological polar surface area (TPSA) is 69.6 Å². The number of hydrogen-bond donors (Lipinski definition) is 0. The van der Waals surface area contributed by atoms with Crippen LogP contribution in [0.25, 0.3) is 257 Å². The molecule has 0 amide bonds. The molecule has 30 rings (SSSR count). The smallest absolute Gasteiger partial charge is 0.164 e. The molecule has 130 heavy (non-hydrogen) atoms. The summed E-state index contributed by atoms with van der Waals surface area (Å²) in [5.74, 6) is 2.93. The SMILES string of the molecule is c1ccc(-c2ccc(N(c3ccccc3)c3cccc(-n4c5ccc6ccc7cccc8c9cc%10ccccc%10c4c9c5c6c78)c3)cc2)cc1.c1ccc(-c2nc(-c3ccccc3)nc(-c3ccc(-n4c5ccc6ccc7cccc8c9cc%10ccccc%10c4c9c5c6c78)cc3)n2)cc1.c1ccc(-n2c3ccc4ccc5cccc6c7cc8ccccc8c2c7c3c4c56)nc1. The third kappa shape index (κ3) is 10.6. The summed E-state index contributed by atoms with van der Waals surface area (Å²) in [5, 5.41) is 39.4. The van der Waals surface area contributed by atoms with Gasteiger partial charge in [-0.15, -0.1) is 0 Å². The molecule has 0 unspecified atom stereocenters. The van der Waals surface area contributed by atoms with Gasteiger partial charge in [0.05, 0.1) is 33.1 Å². The summed E-state index contributed by atoms with van der Waals surface area (Å²) in [6.45, 7) is 0. The molecule has 0 radical (unpaired) electrons. The Morgan fingerprint density at radius 2 is 0.500 bits per heavy atom. The van der Waals surface area contributed by atoms with Crippen LogP contribution in [0.15, 0.2) is 437 Å².